The number of halogens is 1. The van der Waals surface area contributed by atoms with E-state index in [1.165, 1.54) is 11.1 Å². The molecule has 7 nitrogen and oxygen atoms in total. The van der Waals surface area contributed by atoms with Gasteiger partial charge in [-0.1, -0.05) is 35.9 Å². The lowest BCUT2D eigenvalue weighted by molar-refractivity contribution is -0.126. The van der Waals surface area contributed by atoms with E-state index in [-0.39, 0.29) is 17.9 Å². The Hall–Kier alpha value is -3.45. The van der Waals surface area contributed by atoms with Crippen LogP contribution in [0.25, 0.3) is 17.0 Å². The van der Waals surface area contributed by atoms with Gasteiger partial charge < -0.3 is 10.2 Å². The monoisotopic (exact) mass is 486 g/mol. The van der Waals surface area contributed by atoms with E-state index in [0.29, 0.717) is 16.5 Å². The fraction of sp³-hybridized carbons (Fsp3) is 0.333. The molecule has 1 saturated heterocycles. The molecule has 1 N–H and O–H groups in total. The number of benzene rings is 2. The van der Waals surface area contributed by atoms with Crippen LogP contribution >= 0.6 is 11.6 Å². The van der Waals surface area contributed by atoms with Crippen molar-refractivity contribution < 1.29 is 4.79 Å². The van der Waals surface area contributed by atoms with Gasteiger partial charge in [0, 0.05) is 29.6 Å². The van der Waals surface area contributed by atoms with Crippen LogP contribution in [0.4, 0.5) is 5.82 Å². The van der Waals surface area contributed by atoms with E-state index in [2.05, 4.69) is 44.7 Å². The average Bonchev–Trinajstić information content (AvgIpc) is 3.33. The molecule has 0 saturated carbocycles. The third kappa shape index (κ3) is 4.36. The van der Waals surface area contributed by atoms with Crippen molar-refractivity contribution >= 4 is 29.0 Å². The Kier molecular flexibility index (Phi) is 5.86. The minimum absolute atomic E-state index is 0.0311. The zero-order valence-corrected chi connectivity index (χ0v) is 20.2. The lowest BCUT2D eigenvalue weighted by Crippen LogP contribution is -2.42. The second kappa shape index (κ2) is 9.30. The summed E-state index contributed by atoms with van der Waals surface area (Å²) in [4.78, 5) is 15.4. The van der Waals surface area contributed by atoms with Crippen molar-refractivity contribution in [3.8, 4) is 11.4 Å². The molecule has 4 aromatic rings. The van der Waals surface area contributed by atoms with Crippen LogP contribution in [0.3, 0.4) is 0 Å². The first-order chi connectivity index (χ1) is 17.2. The molecule has 8 heteroatoms. The van der Waals surface area contributed by atoms with Crippen molar-refractivity contribution in [3.05, 3.63) is 76.8 Å². The highest BCUT2D eigenvalue weighted by Gasteiger charge is 2.29. The highest BCUT2D eigenvalue weighted by Crippen LogP contribution is 2.31. The van der Waals surface area contributed by atoms with Gasteiger partial charge in [-0.25, -0.2) is 0 Å². The molecule has 1 amide bonds. The van der Waals surface area contributed by atoms with Crippen LogP contribution in [0.5, 0.6) is 0 Å². The molecule has 2 aromatic carbocycles. The number of carbonyl (C=O) groups is 1. The quantitative estimate of drug-likeness (QED) is 0.446. The van der Waals surface area contributed by atoms with E-state index >= 15 is 0 Å². The normalized spacial score (nSPS) is 18.4. The van der Waals surface area contributed by atoms with Crippen molar-refractivity contribution in [1.29, 1.82) is 0 Å². The number of aromatic nitrogens is 4. The maximum Gasteiger partial charge on any atom is 0.223 e. The maximum absolute atomic E-state index is 13.1. The van der Waals surface area contributed by atoms with E-state index in [4.69, 9.17) is 16.7 Å². The Morgan fingerprint density at radius 3 is 2.57 bits per heavy atom. The number of fused-ring (bicyclic) bond motifs is 2. The summed E-state index contributed by atoms with van der Waals surface area (Å²) in [5.74, 6) is 1.76. The molecule has 1 atom stereocenters. The molecule has 0 spiro atoms. The van der Waals surface area contributed by atoms with Crippen molar-refractivity contribution in [2.45, 2.75) is 38.1 Å². The molecule has 0 bridgehead atoms. The molecule has 2 aromatic heterocycles. The minimum Gasteiger partial charge on any atom is -0.355 e. The standard InChI is InChI=1S/C27H27ClN6O/c28-21-10-8-19(9-11-21)26-31-30-24-12-13-25(32-34(24)26)33-16-14-20(15-17-33)27(35)29-23-7-3-5-18-4-1-2-6-22(18)23/h1-2,4,6,8-13,20,23H,3,5,7,14-17H2,(H,29,35)/t23-/m1/s1. The van der Waals surface area contributed by atoms with Gasteiger partial charge in [0.2, 0.25) is 5.91 Å². The first-order valence-corrected chi connectivity index (χ1v) is 12.6. The van der Waals surface area contributed by atoms with Crippen LogP contribution < -0.4 is 10.2 Å². The Bertz CT molecular complexity index is 1360. The second-order valence-corrected chi connectivity index (χ2v) is 9.84. The number of carbonyl (C=O) groups excluding carboxylic acids is 1. The molecule has 0 radical (unpaired) electrons. The van der Waals surface area contributed by atoms with Gasteiger partial charge in [-0.15, -0.1) is 15.3 Å². The molecule has 0 unspecified atom stereocenters. The summed E-state index contributed by atoms with van der Waals surface area (Å²) in [6.07, 6.45) is 4.86. The predicted octanol–water partition coefficient (Wildman–Crippen LogP) is 4.85. The van der Waals surface area contributed by atoms with Gasteiger partial charge in [0.1, 0.15) is 5.82 Å². The topological polar surface area (TPSA) is 75.4 Å². The molecule has 35 heavy (non-hydrogen) atoms. The van der Waals surface area contributed by atoms with E-state index in [9.17, 15) is 4.79 Å². The molecule has 2 aliphatic rings. The molecule has 1 aliphatic heterocycles. The Labute approximate surface area is 209 Å². The van der Waals surface area contributed by atoms with Gasteiger partial charge in [-0.2, -0.15) is 4.52 Å². The van der Waals surface area contributed by atoms with Gasteiger partial charge >= 0.3 is 0 Å². The number of nitrogens with zero attached hydrogens (tertiary/aromatic N) is 5. The van der Waals surface area contributed by atoms with E-state index < -0.39 is 0 Å². The largest absolute Gasteiger partial charge is 0.355 e. The van der Waals surface area contributed by atoms with Gasteiger partial charge in [0.05, 0.1) is 6.04 Å². The van der Waals surface area contributed by atoms with Gasteiger partial charge in [0.25, 0.3) is 0 Å². The SMILES string of the molecule is O=C(N[C@@H]1CCCc2ccccc21)C1CCN(c2ccc3nnc(-c4ccc(Cl)cc4)n3n2)CC1. The number of nitrogens with one attached hydrogen (secondary N) is 1. The maximum atomic E-state index is 13.1. The number of anilines is 1. The summed E-state index contributed by atoms with van der Waals surface area (Å²) in [6.45, 7) is 1.58. The van der Waals surface area contributed by atoms with Gasteiger partial charge in [-0.05, 0) is 79.6 Å². The number of hydrogen-bond donors (Lipinski definition) is 1. The van der Waals surface area contributed by atoms with Crippen molar-refractivity contribution in [2.24, 2.45) is 5.92 Å². The second-order valence-electron chi connectivity index (χ2n) is 9.41. The fourth-order valence-electron chi connectivity index (χ4n) is 5.29. The molecular weight excluding hydrogens is 460 g/mol. The van der Waals surface area contributed by atoms with Crippen LogP contribution in [0.1, 0.15) is 42.9 Å². The summed E-state index contributed by atoms with van der Waals surface area (Å²) in [6, 6.07) is 20.1. The molecule has 1 aliphatic carbocycles. The minimum atomic E-state index is 0.0311. The third-order valence-electron chi connectivity index (χ3n) is 7.23. The van der Waals surface area contributed by atoms with Crippen molar-refractivity contribution in [3.63, 3.8) is 0 Å². The number of piperidine rings is 1. The van der Waals surface area contributed by atoms with Crippen LogP contribution in [-0.4, -0.2) is 38.8 Å². The summed E-state index contributed by atoms with van der Waals surface area (Å²) in [7, 11) is 0. The van der Waals surface area contributed by atoms with Crippen molar-refractivity contribution in [1.82, 2.24) is 25.1 Å². The zero-order valence-electron chi connectivity index (χ0n) is 19.4. The Morgan fingerprint density at radius 2 is 1.74 bits per heavy atom. The highest BCUT2D eigenvalue weighted by molar-refractivity contribution is 6.30. The molecule has 1 fully saturated rings. The molecule has 3 heterocycles. The predicted molar refractivity (Wildman–Crippen MR) is 136 cm³/mol. The summed E-state index contributed by atoms with van der Waals surface area (Å²) < 4.78 is 1.78. The number of rotatable bonds is 4. The van der Waals surface area contributed by atoms with Crippen LogP contribution in [0.2, 0.25) is 5.02 Å². The Morgan fingerprint density at radius 1 is 0.943 bits per heavy atom. The number of aryl methyl sites for hydroxylation is 1. The average molecular weight is 487 g/mol. The van der Waals surface area contributed by atoms with E-state index in [1.807, 2.05) is 36.4 Å². The number of amides is 1. The summed E-state index contributed by atoms with van der Waals surface area (Å²) in [5.41, 5.74) is 4.26. The first-order valence-electron chi connectivity index (χ1n) is 12.3. The zero-order chi connectivity index (χ0) is 23.8. The summed E-state index contributed by atoms with van der Waals surface area (Å²) >= 11 is 6.04. The van der Waals surface area contributed by atoms with Crippen LogP contribution in [0, 0.1) is 5.92 Å². The van der Waals surface area contributed by atoms with E-state index in [0.717, 1.165) is 56.6 Å². The van der Waals surface area contributed by atoms with Crippen molar-refractivity contribution in [2.75, 3.05) is 18.0 Å². The third-order valence-corrected chi connectivity index (χ3v) is 7.48. The summed E-state index contributed by atoms with van der Waals surface area (Å²) in [5, 5.41) is 17.4. The highest BCUT2D eigenvalue weighted by atomic mass is 35.5. The van der Waals surface area contributed by atoms with Gasteiger partial charge in [-0.3, -0.25) is 4.79 Å². The molecule has 6 rings (SSSR count). The van der Waals surface area contributed by atoms with Gasteiger partial charge in [0.15, 0.2) is 11.5 Å². The fourth-order valence-corrected chi connectivity index (χ4v) is 5.42. The van der Waals surface area contributed by atoms with E-state index in [1.54, 1.807) is 4.52 Å². The van der Waals surface area contributed by atoms with Crippen LogP contribution in [0.15, 0.2) is 60.7 Å². The lowest BCUT2D eigenvalue weighted by atomic mass is 9.87. The Balaban J connectivity index is 1.13. The smallest absolute Gasteiger partial charge is 0.223 e. The molecule has 178 valence electrons. The number of hydrogen-bond acceptors (Lipinski definition) is 5. The lowest BCUT2D eigenvalue weighted by Gasteiger charge is -2.33. The van der Waals surface area contributed by atoms with Crippen LogP contribution in [-0.2, 0) is 11.2 Å². The molecular formula is C27H27ClN6O. The first kappa shape index (κ1) is 22.0.